The van der Waals surface area contributed by atoms with Gasteiger partial charge >= 0.3 is 0 Å². The van der Waals surface area contributed by atoms with E-state index in [-0.39, 0.29) is 12.2 Å². The number of halogens is 2. The molecule has 1 N–H and O–H groups in total. The molecule has 0 fully saturated rings. The minimum Gasteiger partial charge on any atom is -0.392 e. The standard InChI is InChI=1S/C16H14F2N2O/c17-16(18,13-5-2-1-3-6-13)11-20-9-12(10-21)14-7-4-8-19-15(14)20/h1-9,21H,10-11H2. The van der Waals surface area contributed by atoms with Crippen LogP contribution in [0.2, 0.25) is 0 Å². The number of hydrogen-bond acceptors (Lipinski definition) is 2. The molecular formula is C16H14F2N2O. The molecule has 0 atom stereocenters. The van der Waals surface area contributed by atoms with Gasteiger partial charge in [0.25, 0.3) is 5.92 Å². The predicted molar refractivity (Wildman–Crippen MR) is 76.0 cm³/mol. The Hall–Kier alpha value is -2.27. The first kappa shape index (κ1) is 13.7. The van der Waals surface area contributed by atoms with Crippen molar-refractivity contribution < 1.29 is 13.9 Å². The van der Waals surface area contributed by atoms with Crippen LogP contribution in [0.3, 0.4) is 0 Å². The predicted octanol–water partition coefficient (Wildman–Crippen LogP) is 3.32. The Morgan fingerprint density at radius 1 is 1.10 bits per heavy atom. The van der Waals surface area contributed by atoms with Crippen molar-refractivity contribution in [2.24, 2.45) is 0 Å². The monoisotopic (exact) mass is 288 g/mol. The van der Waals surface area contributed by atoms with Crippen LogP contribution in [0.15, 0.2) is 54.9 Å². The molecule has 2 heterocycles. The van der Waals surface area contributed by atoms with Gasteiger partial charge in [-0.25, -0.2) is 4.98 Å². The fourth-order valence-electron chi connectivity index (χ4n) is 2.43. The maximum absolute atomic E-state index is 14.4. The lowest BCUT2D eigenvalue weighted by Crippen LogP contribution is -2.21. The molecular weight excluding hydrogens is 274 g/mol. The molecule has 3 aromatic rings. The third-order valence-electron chi connectivity index (χ3n) is 3.45. The molecule has 5 heteroatoms. The zero-order chi connectivity index (χ0) is 14.9. The van der Waals surface area contributed by atoms with Crippen LogP contribution in [-0.2, 0) is 19.1 Å². The molecule has 3 nitrogen and oxygen atoms in total. The van der Waals surface area contributed by atoms with Crippen molar-refractivity contribution in [3.05, 3.63) is 66.0 Å². The summed E-state index contributed by atoms with van der Waals surface area (Å²) in [4.78, 5) is 4.15. The van der Waals surface area contributed by atoms with Crippen LogP contribution in [0.25, 0.3) is 11.0 Å². The van der Waals surface area contributed by atoms with Gasteiger partial charge in [-0.1, -0.05) is 30.3 Å². The summed E-state index contributed by atoms with van der Waals surface area (Å²) in [6.07, 6.45) is 3.09. The summed E-state index contributed by atoms with van der Waals surface area (Å²) in [5.41, 5.74) is 1.02. The summed E-state index contributed by atoms with van der Waals surface area (Å²) in [5.74, 6) is -3.00. The molecule has 0 radical (unpaired) electrons. The highest BCUT2D eigenvalue weighted by Crippen LogP contribution is 2.31. The summed E-state index contributed by atoms with van der Waals surface area (Å²) in [6, 6.07) is 11.2. The highest BCUT2D eigenvalue weighted by molar-refractivity contribution is 5.80. The molecule has 3 rings (SSSR count). The number of aliphatic hydroxyl groups excluding tert-OH is 1. The van der Waals surface area contributed by atoms with Crippen molar-refractivity contribution in [3.8, 4) is 0 Å². The number of hydrogen-bond donors (Lipinski definition) is 1. The molecule has 0 aliphatic rings. The third-order valence-corrected chi connectivity index (χ3v) is 3.45. The van der Waals surface area contributed by atoms with Gasteiger partial charge in [0, 0.05) is 28.9 Å². The van der Waals surface area contributed by atoms with Crippen molar-refractivity contribution in [1.82, 2.24) is 9.55 Å². The topological polar surface area (TPSA) is 38.0 Å². The molecule has 108 valence electrons. The second-order valence-electron chi connectivity index (χ2n) is 4.89. The lowest BCUT2D eigenvalue weighted by molar-refractivity contribution is -0.0213. The van der Waals surface area contributed by atoms with Crippen LogP contribution in [0.1, 0.15) is 11.1 Å². The van der Waals surface area contributed by atoms with Crippen LogP contribution >= 0.6 is 0 Å². The van der Waals surface area contributed by atoms with Gasteiger partial charge < -0.3 is 9.67 Å². The van der Waals surface area contributed by atoms with E-state index in [4.69, 9.17) is 0 Å². The highest BCUT2D eigenvalue weighted by Gasteiger charge is 2.32. The molecule has 0 saturated heterocycles. The minimum atomic E-state index is -3.00. The van der Waals surface area contributed by atoms with Crippen molar-refractivity contribution in [1.29, 1.82) is 0 Å². The Labute approximate surface area is 120 Å². The number of pyridine rings is 1. The SMILES string of the molecule is OCc1cn(CC(F)(F)c2ccccc2)c2ncccc12. The van der Waals surface area contributed by atoms with Gasteiger partial charge in [-0.15, -0.1) is 0 Å². The highest BCUT2D eigenvalue weighted by atomic mass is 19.3. The fraction of sp³-hybridized carbons (Fsp3) is 0.188. The number of aromatic nitrogens is 2. The normalized spacial score (nSPS) is 12.0. The van der Waals surface area contributed by atoms with Crippen LogP contribution < -0.4 is 0 Å². The molecule has 0 aliphatic heterocycles. The van der Waals surface area contributed by atoms with Crippen LogP contribution in [0, 0.1) is 0 Å². The first-order valence-electron chi connectivity index (χ1n) is 6.59. The second kappa shape index (κ2) is 5.26. The van der Waals surface area contributed by atoms with E-state index in [9.17, 15) is 13.9 Å². The average molecular weight is 288 g/mol. The summed E-state index contributed by atoms with van der Waals surface area (Å²) in [7, 11) is 0. The zero-order valence-electron chi connectivity index (χ0n) is 11.2. The molecule has 0 aliphatic carbocycles. The van der Waals surface area contributed by atoms with Gasteiger partial charge in [0.2, 0.25) is 0 Å². The van der Waals surface area contributed by atoms with E-state index in [0.717, 1.165) is 0 Å². The van der Waals surface area contributed by atoms with Crippen molar-refractivity contribution in [2.45, 2.75) is 19.1 Å². The van der Waals surface area contributed by atoms with Gasteiger partial charge in [0.1, 0.15) is 5.65 Å². The van der Waals surface area contributed by atoms with Crippen molar-refractivity contribution in [2.75, 3.05) is 0 Å². The second-order valence-corrected chi connectivity index (χ2v) is 4.89. The lowest BCUT2D eigenvalue weighted by Gasteiger charge is -2.17. The maximum Gasteiger partial charge on any atom is 0.290 e. The number of nitrogens with zero attached hydrogens (tertiary/aromatic N) is 2. The Balaban J connectivity index is 2.02. The minimum absolute atomic E-state index is 0.0340. The Kier molecular flexibility index (Phi) is 3.43. The van der Waals surface area contributed by atoms with E-state index in [1.54, 1.807) is 36.5 Å². The molecule has 0 amide bonds. The van der Waals surface area contributed by atoms with E-state index >= 15 is 0 Å². The summed E-state index contributed by atoms with van der Waals surface area (Å²) < 4.78 is 30.1. The van der Waals surface area contributed by atoms with Crippen LogP contribution in [0.5, 0.6) is 0 Å². The Morgan fingerprint density at radius 3 is 2.57 bits per heavy atom. The average Bonchev–Trinajstić information content (AvgIpc) is 2.86. The Morgan fingerprint density at radius 2 is 1.86 bits per heavy atom. The molecule has 21 heavy (non-hydrogen) atoms. The summed E-state index contributed by atoms with van der Waals surface area (Å²) in [5, 5.41) is 10.0. The first-order chi connectivity index (χ1) is 10.1. The molecule has 0 bridgehead atoms. The molecule has 1 aromatic carbocycles. The third kappa shape index (κ3) is 2.52. The molecule has 0 saturated carbocycles. The van der Waals surface area contributed by atoms with Gasteiger partial charge in [-0.2, -0.15) is 8.78 Å². The van der Waals surface area contributed by atoms with Gasteiger partial charge in [-0.05, 0) is 12.1 Å². The van der Waals surface area contributed by atoms with Gasteiger partial charge in [0.15, 0.2) is 0 Å². The number of alkyl halides is 2. The quantitative estimate of drug-likeness (QED) is 0.799. The molecule has 2 aromatic heterocycles. The van der Waals surface area contributed by atoms with E-state index in [1.165, 1.54) is 22.9 Å². The fourth-order valence-corrected chi connectivity index (χ4v) is 2.43. The lowest BCUT2D eigenvalue weighted by atomic mass is 10.1. The smallest absolute Gasteiger partial charge is 0.290 e. The van der Waals surface area contributed by atoms with Gasteiger partial charge in [0.05, 0.1) is 13.2 Å². The first-order valence-corrected chi connectivity index (χ1v) is 6.59. The zero-order valence-corrected chi connectivity index (χ0v) is 11.2. The van der Waals surface area contributed by atoms with E-state index in [2.05, 4.69) is 4.98 Å². The Bertz CT molecular complexity index is 753. The summed E-state index contributed by atoms with van der Waals surface area (Å²) in [6.45, 7) is -0.712. The number of benzene rings is 1. The van der Waals surface area contributed by atoms with Crippen molar-refractivity contribution in [3.63, 3.8) is 0 Å². The molecule has 0 unspecified atom stereocenters. The van der Waals surface area contributed by atoms with Crippen LogP contribution in [-0.4, -0.2) is 14.7 Å². The molecule has 0 spiro atoms. The van der Waals surface area contributed by atoms with Crippen LogP contribution in [0.4, 0.5) is 8.78 Å². The van der Waals surface area contributed by atoms with Gasteiger partial charge in [-0.3, -0.25) is 0 Å². The summed E-state index contributed by atoms with van der Waals surface area (Å²) >= 11 is 0. The van der Waals surface area contributed by atoms with E-state index in [0.29, 0.717) is 16.6 Å². The number of aliphatic hydroxyl groups is 1. The number of fused-ring (bicyclic) bond motifs is 1. The number of rotatable bonds is 4. The maximum atomic E-state index is 14.4. The van der Waals surface area contributed by atoms with E-state index in [1.807, 2.05) is 0 Å². The van der Waals surface area contributed by atoms with Crippen molar-refractivity contribution >= 4 is 11.0 Å². The largest absolute Gasteiger partial charge is 0.392 e. The van der Waals surface area contributed by atoms with E-state index < -0.39 is 12.5 Å².